The Bertz CT molecular complexity index is 937. The van der Waals surface area contributed by atoms with E-state index in [0.717, 1.165) is 31.5 Å². The van der Waals surface area contributed by atoms with E-state index in [0.29, 0.717) is 12.5 Å². The smallest absolute Gasteiger partial charge is 0.354 e. The maximum absolute atomic E-state index is 11.2. The van der Waals surface area contributed by atoms with Gasteiger partial charge in [0.25, 0.3) is 0 Å². The lowest BCUT2D eigenvalue weighted by molar-refractivity contribution is 0.0687. The Morgan fingerprint density at radius 1 is 1.22 bits per heavy atom. The minimum Gasteiger partial charge on any atom is -0.477 e. The topological polar surface area (TPSA) is 97.9 Å². The Morgan fingerprint density at radius 3 is 2.74 bits per heavy atom. The van der Waals surface area contributed by atoms with Crippen LogP contribution in [0.2, 0.25) is 0 Å². The normalized spacial score (nSPS) is 15.9. The van der Waals surface area contributed by atoms with E-state index in [1.54, 1.807) is 6.20 Å². The van der Waals surface area contributed by atoms with Crippen molar-refractivity contribution >= 4 is 5.97 Å². The highest BCUT2D eigenvalue weighted by atomic mass is 16.4. The number of carboxylic acid groups (broad SMARTS) is 1. The van der Waals surface area contributed by atoms with Gasteiger partial charge in [0.1, 0.15) is 5.69 Å². The van der Waals surface area contributed by atoms with E-state index in [1.165, 1.54) is 22.4 Å². The summed E-state index contributed by atoms with van der Waals surface area (Å²) in [5, 5.41) is 23.2. The molecule has 3 N–H and O–H groups in total. The molecule has 0 atom stereocenters. The number of benzene rings is 1. The van der Waals surface area contributed by atoms with Gasteiger partial charge >= 0.3 is 5.97 Å². The Morgan fingerprint density at radius 2 is 2.00 bits per heavy atom. The van der Waals surface area contributed by atoms with Crippen molar-refractivity contribution in [2.24, 2.45) is 0 Å². The summed E-state index contributed by atoms with van der Waals surface area (Å²) < 4.78 is 0. The standard InChI is InChI=1S/C20H23N5O2/c1-13-3-2-4-15(9-13)17-11-22-23-18(17)14-5-7-25(8-6-14)12-16-10-21-24-19(16)20(26)27/h2-4,9-11,14H,5-8,12H2,1H3,(H,21,24)(H,22,23)(H,26,27). The van der Waals surface area contributed by atoms with Crippen molar-refractivity contribution in [2.75, 3.05) is 13.1 Å². The number of aromatic amines is 2. The molecule has 7 nitrogen and oxygen atoms in total. The molecular formula is C20H23N5O2. The van der Waals surface area contributed by atoms with Crippen molar-refractivity contribution in [3.05, 3.63) is 59.2 Å². The van der Waals surface area contributed by atoms with E-state index in [2.05, 4.69) is 56.5 Å². The van der Waals surface area contributed by atoms with Gasteiger partial charge in [0.05, 0.1) is 12.4 Å². The Labute approximate surface area is 157 Å². The largest absolute Gasteiger partial charge is 0.477 e. The Hall–Kier alpha value is -2.93. The second kappa shape index (κ2) is 7.36. The first-order chi connectivity index (χ1) is 13.1. The zero-order chi connectivity index (χ0) is 18.8. The molecule has 0 saturated carbocycles. The molecule has 0 aliphatic carbocycles. The number of nitrogens with one attached hydrogen (secondary N) is 2. The molecule has 140 valence electrons. The van der Waals surface area contributed by atoms with Crippen LogP contribution in [0.5, 0.6) is 0 Å². The van der Waals surface area contributed by atoms with Gasteiger partial charge < -0.3 is 5.11 Å². The minimum absolute atomic E-state index is 0.187. The van der Waals surface area contributed by atoms with Crippen LogP contribution in [0.1, 0.15) is 46.1 Å². The number of rotatable bonds is 5. The molecule has 1 aliphatic heterocycles. The van der Waals surface area contributed by atoms with Crippen LogP contribution < -0.4 is 0 Å². The van der Waals surface area contributed by atoms with Crippen molar-refractivity contribution in [2.45, 2.75) is 32.2 Å². The van der Waals surface area contributed by atoms with E-state index < -0.39 is 5.97 Å². The summed E-state index contributed by atoms with van der Waals surface area (Å²) in [5.41, 5.74) is 5.75. The van der Waals surface area contributed by atoms with Crippen LogP contribution in [0.3, 0.4) is 0 Å². The third-order valence-electron chi connectivity index (χ3n) is 5.32. The summed E-state index contributed by atoms with van der Waals surface area (Å²) in [6.45, 7) is 4.55. The number of hydrogen-bond donors (Lipinski definition) is 3. The van der Waals surface area contributed by atoms with Gasteiger partial charge in [0.15, 0.2) is 0 Å². The lowest BCUT2D eigenvalue weighted by Gasteiger charge is -2.31. The Balaban J connectivity index is 1.44. The minimum atomic E-state index is -0.961. The lowest BCUT2D eigenvalue weighted by Crippen LogP contribution is -2.33. The number of aromatic carboxylic acids is 1. The van der Waals surface area contributed by atoms with Crippen LogP contribution in [-0.2, 0) is 6.54 Å². The fraction of sp³-hybridized carbons (Fsp3) is 0.350. The first-order valence-electron chi connectivity index (χ1n) is 9.20. The molecule has 4 rings (SSSR count). The van der Waals surface area contributed by atoms with Gasteiger partial charge in [-0.25, -0.2) is 4.79 Å². The number of hydrogen-bond acceptors (Lipinski definition) is 4. The number of carboxylic acids is 1. The zero-order valence-corrected chi connectivity index (χ0v) is 15.3. The number of aryl methyl sites for hydroxylation is 1. The highest BCUT2D eigenvalue weighted by Gasteiger charge is 2.25. The van der Waals surface area contributed by atoms with Crippen molar-refractivity contribution in [1.29, 1.82) is 0 Å². The van der Waals surface area contributed by atoms with Gasteiger partial charge in [-0.05, 0) is 38.4 Å². The van der Waals surface area contributed by atoms with Crippen molar-refractivity contribution < 1.29 is 9.90 Å². The SMILES string of the molecule is Cc1cccc(-c2cn[nH]c2C2CCN(Cc3cn[nH]c3C(=O)O)CC2)c1. The van der Waals surface area contributed by atoms with Crippen LogP contribution in [0.4, 0.5) is 0 Å². The van der Waals surface area contributed by atoms with Crippen LogP contribution in [0.15, 0.2) is 36.7 Å². The molecule has 3 heterocycles. The average Bonchev–Trinajstić information content (AvgIpc) is 3.32. The van der Waals surface area contributed by atoms with Gasteiger partial charge in [0, 0.05) is 29.3 Å². The van der Waals surface area contributed by atoms with Crippen LogP contribution in [-0.4, -0.2) is 49.5 Å². The van der Waals surface area contributed by atoms with Gasteiger partial charge in [-0.2, -0.15) is 10.2 Å². The van der Waals surface area contributed by atoms with Gasteiger partial charge in [0.2, 0.25) is 0 Å². The molecule has 1 aliphatic rings. The molecule has 2 aromatic heterocycles. The second-order valence-corrected chi connectivity index (χ2v) is 7.19. The molecule has 0 spiro atoms. The predicted octanol–water partition coefficient (Wildman–Crippen LogP) is 3.19. The van der Waals surface area contributed by atoms with Crippen LogP contribution in [0.25, 0.3) is 11.1 Å². The fourth-order valence-corrected chi connectivity index (χ4v) is 3.89. The van der Waals surface area contributed by atoms with Gasteiger partial charge in [-0.1, -0.05) is 29.8 Å². The number of carbonyl (C=O) groups is 1. The molecule has 27 heavy (non-hydrogen) atoms. The monoisotopic (exact) mass is 365 g/mol. The van der Waals surface area contributed by atoms with E-state index >= 15 is 0 Å². The lowest BCUT2D eigenvalue weighted by atomic mass is 9.89. The average molecular weight is 365 g/mol. The number of piperidine rings is 1. The number of H-pyrrole nitrogens is 2. The molecule has 7 heteroatoms. The highest BCUT2D eigenvalue weighted by molar-refractivity contribution is 5.86. The third kappa shape index (κ3) is 3.64. The Kier molecular flexibility index (Phi) is 4.77. The number of nitrogens with zero attached hydrogens (tertiary/aromatic N) is 3. The second-order valence-electron chi connectivity index (χ2n) is 7.19. The van der Waals surface area contributed by atoms with Gasteiger partial charge in [-0.15, -0.1) is 0 Å². The summed E-state index contributed by atoms with van der Waals surface area (Å²) in [5.74, 6) is -0.528. The molecule has 0 amide bonds. The van der Waals surface area contributed by atoms with Crippen molar-refractivity contribution in [3.63, 3.8) is 0 Å². The molecule has 0 unspecified atom stereocenters. The first-order valence-corrected chi connectivity index (χ1v) is 9.20. The third-order valence-corrected chi connectivity index (χ3v) is 5.32. The summed E-state index contributed by atoms with van der Waals surface area (Å²) in [7, 11) is 0. The zero-order valence-electron chi connectivity index (χ0n) is 15.3. The number of likely N-dealkylation sites (tertiary alicyclic amines) is 1. The van der Waals surface area contributed by atoms with E-state index in [4.69, 9.17) is 0 Å². The van der Waals surface area contributed by atoms with Crippen LogP contribution >= 0.6 is 0 Å². The fourth-order valence-electron chi connectivity index (χ4n) is 3.89. The van der Waals surface area contributed by atoms with E-state index in [9.17, 15) is 9.90 Å². The van der Waals surface area contributed by atoms with E-state index in [-0.39, 0.29) is 5.69 Å². The first kappa shape index (κ1) is 17.5. The molecule has 0 radical (unpaired) electrons. The van der Waals surface area contributed by atoms with Crippen molar-refractivity contribution in [1.82, 2.24) is 25.3 Å². The van der Waals surface area contributed by atoms with Crippen molar-refractivity contribution in [3.8, 4) is 11.1 Å². The van der Waals surface area contributed by atoms with Gasteiger partial charge in [-0.3, -0.25) is 15.1 Å². The molecule has 0 bridgehead atoms. The van der Waals surface area contributed by atoms with E-state index in [1.807, 2.05) is 6.20 Å². The molecule has 1 fully saturated rings. The number of aromatic nitrogens is 4. The highest BCUT2D eigenvalue weighted by Crippen LogP contribution is 2.34. The maximum Gasteiger partial charge on any atom is 0.354 e. The summed E-state index contributed by atoms with van der Waals surface area (Å²) >= 11 is 0. The van der Waals surface area contributed by atoms with Crippen LogP contribution in [0, 0.1) is 6.92 Å². The summed E-state index contributed by atoms with van der Waals surface area (Å²) in [6, 6.07) is 8.50. The molecule has 3 aromatic rings. The summed E-state index contributed by atoms with van der Waals surface area (Å²) in [6.07, 6.45) is 5.56. The maximum atomic E-state index is 11.2. The summed E-state index contributed by atoms with van der Waals surface area (Å²) in [4.78, 5) is 13.5. The molecule has 1 saturated heterocycles. The molecular weight excluding hydrogens is 342 g/mol. The quantitative estimate of drug-likeness (QED) is 0.645. The predicted molar refractivity (Wildman–Crippen MR) is 102 cm³/mol. The molecule has 1 aromatic carbocycles.